The van der Waals surface area contributed by atoms with Crippen LogP contribution in [0.1, 0.15) is 5.69 Å². The van der Waals surface area contributed by atoms with E-state index in [9.17, 15) is 0 Å². The van der Waals surface area contributed by atoms with Crippen molar-refractivity contribution in [2.24, 2.45) is 5.73 Å². The zero-order valence-corrected chi connectivity index (χ0v) is 11.5. The second-order valence-electron chi connectivity index (χ2n) is 3.88. The molecule has 0 aliphatic rings. The summed E-state index contributed by atoms with van der Waals surface area (Å²) in [7, 11) is 0. The molecular formula is C12H11BrN6. The lowest BCUT2D eigenvalue weighted by Crippen LogP contribution is -2.00. The maximum Gasteiger partial charge on any atom is 0.155 e. The monoisotopic (exact) mass is 318 g/mol. The van der Waals surface area contributed by atoms with Gasteiger partial charge in [-0.05, 0) is 40.2 Å². The van der Waals surface area contributed by atoms with Crippen LogP contribution in [-0.4, -0.2) is 19.6 Å². The van der Waals surface area contributed by atoms with Crippen LogP contribution in [-0.2, 0) is 6.54 Å². The van der Waals surface area contributed by atoms with Crippen molar-refractivity contribution in [3.63, 3.8) is 0 Å². The van der Waals surface area contributed by atoms with E-state index in [-0.39, 0.29) is 0 Å². The van der Waals surface area contributed by atoms with E-state index in [0.717, 1.165) is 21.8 Å². The summed E-state index contributed by atoms with van der Waals surface area (Å²) < 4.78 is 2.47. The summed E-state index contributed by atoms with van der Waals surface area (Å²) in [4.78, 5) is 8.55. The molecule has 3 aromatic rings. The summed E-state index contributed by atoms with van der Waals surface area (Å²) in [5.41, 5.74) is 7.15. The number of halogens is 1. The molecule has 0 amide bonds. The Labute approximate surface area is 117 Å². The largest absolute Gasteiger partial charge is 0.325 e. The smallest absolute Gasteiger partial charge is 0.155 e. The molecule has 0 aliphatic heterocycles. The number of imidazole rings is 1. The fourth-order valence-electron chi connectivity index (χ4n) is 1.72. The summed E-state index contributed by atoms with van der Waals surface area (Å²) >= 11 is 3.45. The highest BCUT2D eigenvalue weighted by atomic mass is 79.9. The lowest BCUT2D eigenvalue weighted by Gasteiger charge is -2.04. The first-order chi connectivity index (χ1) is 9.28. The van der Waals surface area contributed by atoms with Gasteiger partial charge >= 0.3 is 0 Å². The number of anilines is 2. The van der Waals surface area contributed by atoms with Crippen molar-refractivity contribution in [3.05, 3.63) is 46.8 Å². The van der Waals surface area contributed by atoms with Gasteiger partial charge in [0.15, 0.2) is 11.5 Å². The van der Waals surface area contributed by atoms with Crippen molar-refractivity contribution in [1.29, 1.82) is 0 Å². The number of hydrogen-bond acceptors (Lipinski definition) is 5. The molecule has 0 atom stereocenters. The molecule has 0 bridgehead atoms. The average molecular weight is 319 g/mol. The number of aromatic nitrogens is 4. The van der Waals surface area contributed by atoms with Gasteiger partial charge in [0.05, 0.1) is 5.69 Å². The summed E-state index contributed by atoms with van der Waals surface area (Å²) in [6.45, 7) is 0.368. The molecule has 3 N–H and O–H groups in total. The SMILES string of the molecule is NCc1nc2ccc(Nc3ccccn3)nn2c1Br. The molecule has 0 aromatic carbocycles. The van der Waals surface area contributed by atoms with Crippen molar-refractivity contribution in [3.8, 4) is 0 Å². The molecule has 0 saturated carbocycles. The van der Waals surface area contributed by atoms with Crippen molar-refractivity contribution >= 4 is 33.2 Å². The predicted octanol–water partition coefficient (Wildman–Crippen LogP) is 2.09. The van der Waals surface area contributed by atoms with E-state index in [1.807, 2.05) is 30.3 Å². The molecule has 0 radical (unpaired) electrons. The van der Waals surface area contributed by atoms with E-state index in [1.54, 1.807) is 10.7 Å². The van der Waals surface area contributed by atoms with Crippen LogP contribution in [0, 0.1) is 0 Å². The Morgan fingerprint density at radius 1 is 1.21 bits per heavy atom. The normalized spacial score (nSPS) is 10.8. The minimum Gasteiger partial charge on any atom is -0.325 e. The van der Waals surface area contributed by atoms with Gasteiger partial charge in [0, 0.05) is 12.7 Å². The molecule has 6 nitrogen and oxygen atoms in total. The zero-order valence-electron chi connectivity index (χ0n) is 9.92. The van der Waals surface area contributed by atoms with Crippen LogP contribution in [0.2, 0.25) is 0 Å². The highest BCUT2D eigenvalue weighted by Crippen LogP contribution is 2.19. The molecule has 0 fully saturated rings. The number of rotatable bonds is 3. The quantitative estimate of drug-likeness (QED) is 0.772. The van der Waals surface area contributed by atoms with Crippen LogP contribution >= 0.6 is 15.9 Å². The first-order valence-electron chi connectivity index (χ1n) is 5.70. The molecule has 0 unspecified atom stereocenters. The Hall–Kier alpha value is -1.99. The van der Waals surface area contributed by atoms with Gasteiger partial charge in [-0.3, -0.25) is 0 Å². The van der Waals surface area contributed by atoms with E-state index < -0.39 is 0 Å². The third-order valence-electron chi connectivity index (χ3n) is 2.60. The maximum absolute atomic E-state index is 5.62. The Morgan fingerprint density at radius 2 is 2.11 bits per heavy atom. The Morgan fingerprint density at radius 3 is 2.84 bits per heavy atom. The van der Waals surface area contributed by atoms with Crippen molar-refractivity contribution in [2.75, 3.05) is 5.32 Å². The van der Waals surface area contributed by atoms with Gasteiger partial charge in [-0.1, -0.05) is 6.07 Å². The fourth-order valence-corrected chi connectivity index (χ4v) is 2.23. The molecule has 7 heteroatoms. The molecule has 0 saturated heterocycles. The molecule has 96 valence electrons. The van der Waals surface area contributed by atoms with Crippen LogP contribution in [0.4, 0.5) is 11.6 Å². The first kappa shape index (κ1) is 12.1. The highest BCUT2D eigenvalue weighted by Gasteiger charge is 2.09. The number of fused-ring (bicyclic) bond motifs is 1. The summed E-state index contributed by atoms with van der Waals surface area (Å²) in [5.74, 6) is 1.43. The average Bonchev–Trinajstić information content (AvgIpc) is 2.77. The van der Waals surface area contributed by atoms with Gasteiger partial charge in [0.1, 0.15) is 10.4 Å². The maximum atomic E-state index is 5.62. The standard InChI is InChI=1S/C12H11BrN6/c13-12-8(7-14)16-11-5-4-10(18-19(11)12)17-9-3-1-2-6-15-9/h1-6H,7,14H2,(H,15,17,18). The van der Waals surface area contributed by atoms with Gasteiger partial charge < -0.3 is 11.1 Å². The molecule has 3 rings (SSSR count). The molecule has 0 aliphatic carbocycles. The van der Waals surface area contributed by atoms with E-state index in [2.05, 4.69) is 36.3 Å². The Kier molecular flexibility index (Phi) is 3.14. The van der Waals surface area contributed by atoms with Crippen LogP contribution in [0.15, 0.2) is 41.1 Å². The Bertz CT molecular complexity index is 709. The zero-order chi connectivity index (χ0) is 13.2. The van der Waals surface area contributed by atoms with Crippen LogP contribution < -0.4 is 11.1 Å². The van der Waals surface area contributed by atoms with Crippen LogP contribution in [0.25, 0.3) is 5.65 Å². The third kappa shape index (κ3) is 2.29. The molecule has 3 aromatic heterocycles. The van der Waals surface area contributed by atoms with Crippen molar-refractivity contribution in [1.82, 2.24) is 19.6 Å². The first-order valence-corrected chi connectivity index (χ1v) is 6.49. The number of pyridine rings is 1. The second-order valence-corrected chi connectivity index (χ2v) is 4.63. The number of hydrogen-bond donors (Lipinski definition) is 2. The summed E-state index contributed by atoms with van der Waals surface area (Å²) in [6.07, 6.45) is 1.72. The fraction of sp³-hybridized carbons (Fsp3) is 0.0833. The Balaban J connectivity index is 1.99. The minimum atomic E-state index is 0.368. The molecule has 3 heterocycles. The van der Waals surface area contributed by atoms with E-state index in [1.165, 1.54) is 0 Å². The molecular weight excluding hydrogens is 308 g/mol. The van der Waals surface area contributed by atoms with Crippen LogP contribution in [0.5, 0.6) is 0 Å². The topological polar surface area (TPSA) is 81.1 Å². The lowest BCUT2D eigenvalue weighted by molar-refractivity contribution is 0.908. The van der Waals surface area contributed by atoms with Gasteiger partial charge in [0.25, 0.3) is 0 Å². The third-order valence-corrected chi connectivity index (χ3v) is 3.40. The summed E-state index contributed by atoms with van der Waals surface area (Å²) in [6, 6.07) is 9.38. The number of nitrogens with two attached hydrogens (primary N) is 1. The van der Waals surface area contributed by atoms with E-state index in [4.69, 9.17) is 5.73 Å². The number of nitrogens with one attached hydrogen (secondary N) is 1. The van der Waals surface area contributed by atoms with Gasteiger partial charge in [0.2, 0.25) is 0 Å². The minimum absolute atomic E-state index is 0.368. The van der Waals surface area contributed by atoms with Gasteiger partial charge in [-0.25, -0.2) is 14.5 Å². The predicted molar refractivity (Wildman–Crippen MR) is 76.1 cm³/mol. The van der Waals surface area contributed by atoms with E-state index in [0.29, 0.717) is 12.4 Å². The van der Waals surface area contributed by atoms with E-state index >= 15 is 0 Å². The van der Waals surface area contributed by atoms with Gasteiger partial charge in [-0.15, -0.1) is 5.10 Å². The van der Waals surface area contributed by atoms with Crippen molar-refractivity contribution in [2.45, 2.75) is 6.54 Å². The summed E-state index contributed by atoms with van der Waals surface area (Å²) in [5, 5.41) is 7.57. The molecule has 19 heavy (non-hydrogen) atoms. The van der Waals surface area contributed by atoms with Crippen LogP contribution in [0.3, 0.4) is 0 Å². The lowest BCUT2D eigenvalue weighted by atomic mass is 10.4. The second kappa shape index (κ2) is 4.94. The van der Waals surface area contributed by atoms with Gasteiger partial charge in [-0.2, -0.15) is 0 Å². The van der Waals surface area contributed by atoms with Crippen molar-refractivity contribution < 1.29 is 0 Å². The highest BCUT2D eigenvalue weighted by molar-refractivity contribution is 9.10. The molecule has 0 spiro atoms. The number of nitrogens with zero attached hydrogens (tertiary/aromatic N) is 4.